The fourth-order valence-electron chi connectivity index (χ4n) is 1.69. The highest BCUT2D eigenvalue weighted by Crippen LogP contribution is 2.27. The normalized spacial score (nSPS) is 11.4. The Kier molecular flexibility index (Phi) is 3.67. The molecule has 2 rings (SSSR count). The molecule has 1 aromatic carbocycles. The zero-order valence-corrected chi connectivity index (χ0v) is 12.0. The highest BCUT2D eigenvalue weighted by atomic mass is 35.5. The SMILES string of the molecule is CC(C)(C)c1ccc(Oc2cc(N)cc(Cl)n2)cc1. The number of pyridine rings is 1. The Morgan fingerprint density at radius 1 is 1.11 bits per heavy atom. The van der Waals surface area contributed by atoms with E-state index in [2.05, 4.69) is 25.8 Å². The lowest BCUT2D eigenvalue weighted by atomic mass is 9.87. The van der Waals surface area contributed by atoms with Crippen LogP contribution in [0.3, 0.4) is 0 Å². The third-order valence-corrected chi connectivity index (χ3v) is 2.93. The summed E-state index contributed by atoms with van der Waals surface area (Å²) in [6.45, 7) is 6.51. The average molecular weight is 277 g/mol. The predicted molar refractivity (Wildman–Crippen MR) is 78.9 cm³/mol. The lowest BCUT2D eigenvalue weighted by Gasteiger charge is -2.19. The van der Waals surface area contributed by atoms with Crippen molar-refractivity contribution in [2.45, 2.75) is 26.2 Å². The fourth-order valence-corrected chi connectivity index (χ4v) is 1.90. The topological polar surface area (TPSA) is 48.1 Å². The van der Waals surface area contributed by atoms with Gasteiger partial charge in [-0.3, -0.25) is 0 Å². The van der Waals surface area contributed by atoms with E-state index >= 15 is 0 Å². The molecule has 0 radical (unpaired) electrons. The van der Waals surface area contributed by atoms with Gasteiger partial charge in [0, 0.05) is 11.8 Å². The molecule has 1 heterocycles. The molecule has 3 nitrogen and oxygen atoms in total. The summed E-state index contributed by atoms with van der Waals surface area (Å²) < 4.78 is 5.63. The molecular formula is C15H17ClN2O. The number of anilines is 1. The number of aromatic nitrogens is 1. The van der Waals surface area contributed by atoms with Gasteiger partial charge in [0.2, 0.25) is 5.88 Å². The molecule has 0 saturated heterocycles. The van der Waals surface area contributed by atoms with Crippen molar-refractivity contribution in [1.82, 2.24) is 4.98 Å². The van der Waals surface area contributed by atoms with Gasteiger partial charge in [0.15, 0.2) is 0 Å². The number of hydrogen-bond donors (Lipinski definition) is 1. The maximum atomic E-state index is 5.83. The standard InChI is InChI=1S/C15H17ClN2O/c1-15(2,3)10-4-6-12(7-5-10)19-14-9-11(17)8-13(16)18-14/h4-9H,1-3H3,(H2,17,18). The van der Waals surface area contributed by atoms with Crippen molar-refractivity contribution in [3.05, 3.63) is 47.1 Å². The Bertz CT molecular complexity index is 553. The first-order chi connectivity index (χ1) is 8.84. The first-order valence-electron chi connectivity index (χ1n) is 6.06. The van der Waals surface area contributed by atoms with Gasteiger partial charge in [-0.1, -0.05) is 44.5 Å². The zero-order valence-electron chi connectivity index (χ0n) is 11.3. The highest BCUT2D eigenvalue weighted by Gasteiger charge is 2.13. The summed E-state index contributed by atoms with van der Waals surface area (Å²) in [7, 11) is 0. The largest absolute Gasteiger partial charge is 0.439 e. The molecular weight excluding hydrogens is 260 g/mol. The van der Waals surface area contributed by atoms with Crippen molar-refractivity contribution in [2.75, 3.05) is 5.73 Å². The number of halogens is 1. The number of hydrogen-bond acceptors (Lipinski definition) is 3. The number of rotatable bonds is 2. The lowest BCUT2D eigenvalue weighted by molar-refractivity contribution is 0.462. The van der Waals surface area contributed by atoms with Gasteiger partial charge in [0.05, 0.1) is 0 Å². The van der Waals surface area contributed by atoms with E-state index in [1.165, 1.54) is 5.56 Å². The van der Waals surface area contributed by atoms with Crippen LogP contribution >= 0.6 is 11.6 Å². The minimum absolute atomic E-state index is 0.122. The van der Waals surface area contributed by atoms with E-state index in [1.807, 2.05) is 24.3 Å². The summed E-state index contributed by atoms with van der Waals surface area (Å²) in [4.78, 5) is 4.06. The molecule has 2 N–H and O–H groups in total. The van der Waals surface area contributed by atoms with Crippen LogP contribution in [0.1, 0.15) is 26.3 Å². The summed E-state index contributed by atoms with van der Waals surface area (Å²) in [5.41, 5.74) is 7.59. The minimum Gasteiger partial charge on any atom is -0.439 e. The lowest BCUT2D eigenvalue weighted by Crippen LogP contribution is -2.10. The van der Waals surface area contributed by atoms with E-state index in [0.717, 1.165) is 0 Å². The number of nitrogens with two attached hydrogens (primary N) is 1. The van der Waals surface area contributed by atoms with Crippen LogP contribution in [0.25, 0.3) is 0 Å². The fraction of sp³-hybridized carbons (Fsp3) is 0.267. The summed E-state index contributed by atoms with van der Waals surface area (Å²) in [6, 6.07) is 11.1. The molecule has 0 unspecified atom stereocenters. The minimum atomic E-state index is 0.122. The molecule has 100 valence electrons. The average Bonchev–Trinajstić information content (AvgIpc) is 2.26. The van der Waals surface area contributed by atoms with Gasteiger partial charge in [0.25, 0.3) is 0 Å². The molecule has 0 amide bonds. The van der Waals surface area contributed by atoms with Crippen molar-refractivity contribution in [2.24, 2.45) is 0 Å². The van der Waals surface area contributed by atoms with E-state index < -0.39 is 0 Å². The molecule has 0 atom stereocenters. The van der Waals surface area contributed by atoms with Crippen molar-refractivity contribution in [3.8, 4) is 11.6 Å². The molecule has 0 aliphatic carbocycles. The molecule has 0 bridgehead atoms. The second-order valence-electron chi connectivity index (χ2n) is 5.44. The molecule has 0 aliphatic rings. The predicted octanol–water partition coefficient (Wildman–Crippen LogP) is 4.41. The van der Waals surface area contributed by atoms with Gasteiger partial charge in [-0.15, -0.1) is 0 Å². The van der Waals surface area contributed by atoms with Crippen LogP contribution in [-0.2, 0) is 5.41 Å². The number of nitrogen functional groups attached to an aromatic ring is 1. The summed E-state index contributed by atoms with van der Waals surface area (Å²) >= 11 is 5.83. The first kappa shape index (κ1) is 13.7. The highest BCUT2D eigenvalue weighted by molar-refractivity contribution is 6.29. The Morgan fingerprint density at radius 3 is 2.26 bits per heavy atom. The summed E-state index contributed by atoms with van der Waals surface area (Å²) in [5, 5.41) is 0.321. The monoisotopic (exact) mass is 276 g/mol. The Morgan fingerprint density at radius 2 is 1.74 bits per heavy atom. The van der Waals surface area contributed by atoms with Crippen LogP contribution in [0.5, 0.6) is 11.6 Å². The van der Waals surface area contributed by atoms with Crippen LogP contribution in [-0.4, -0.2) is 4.98 Å². The summed E-state index contributed by atoms with van der Waals surface area (Å²) in [6.07, 6.45) is 0. The molecule has 0 spiro atoms. The maximum absolute atomic E-state index is 5.83. The van der Waals surface area contributed by atoms with Crippen LogP contribution in [0, 0.1) is 0 Å². The van der Waals surface area contributed by atoms with Gasteiger partial charge >= 0.3 is 0 Å². The smallest absolute Gasteiger partial charge is 0.222 e. The van der Waals surface area contributed by atoms with Gasteiger partial charge in [-0.05, 0) is 29.2 Å². The van der Waals surface area contributed by atoms with Gasteiger partial charge in [-0.25, -0.2) is 4.98 Å². The van der Waals surface area contributed by atoms with E-state index in [9.17, 15) is 0 Å². The van der Waals surface area contributed by atoms with E-state index in [0.29, 0.717) is 22.5 Å². The van der Waals surface area contributed by atoms with E-state index in [4.69, 9.17) is 22.1 Å². The third-order valence-electron chi connectivity index (χ3n) is 2.74. The van der Waals surface area contributed by atoms with Crippen LogP contribution in [0.4, 0.5) is 5.69 Å². The second-order valence-corrected chi connectivity index (χ2v) is 5.83. The molecule has 1 aromatic heterocycles. The Hall–Kier alpha value is -1.74. The van der Waals surface area contributed by atoms with Crippen molar-refractivity contribution in [3.63, 3.8) is 0 Å². The zero-order chi connectivity index (χ0) is 14.0. The van der Waals surface area contributed by atoms with E-state index in [1.54, 1.807) is 12.1 Å². The first-order valence-corrected chi connectivity index (χ1v) is 6.44. The van der Waals surface area contributed by atoms with Crippen molar-refractivity contribution >= 4 is 17.3 Å². The molecule has 19 heavy (non-hydrogen) atoms. The quantitative estimate of drug-likeness (QED) is 0.827. The molecule has 2 aromatic rings. The van der Waals surface area contributed by atoms with Crippen LogP contribution < -0.4 is 10.5 Å². The van der Waals surface area contributed by atoms with Crippen LogP contribution in [0.2, 0.25) is 5.15 Å². The van der Waals surface area contributed by atoms with Gasteiger partial charge < -0.3 is 10.5 Å². The maximum Gasteiger partial charge on any atom is 0.222 e. The number of nitrogens with zero attached hydrogens (tertiary/aromatic N) is 1. The van der Waals surface area contributed by atoms with Gasteiger partial charge in [0.1, 0.15) is 10.9 Å². The van der Waals surface area contributed by atoms with Crippen molar-refractivity contribution in [1.29, 1.82) is 0 Å². The Labute approximate surface area is 118 Å². The van der Waals surface area contributed by atoms with E-state index in [-0.39, 0.29) is 5.41 Å². The van der Waals surface area contributed by atoms with Gasteiger partial charge in [-0.2, -0.15) is 0 Å². The number of ether oxygens (including phenoxy) is 1. The number of benzene rings is 1. The molecule has 0 fully saturated rings. The molecule has 4 heteroatoms. The second kappa shape index (κ2) is 5.10. The molecule has 0 saturated carbocycles. The third kappa shape index (κ3) is 3.61. The van der Waals surface area contributed by atoms with Crippen LogP contribution in [0.15, 0.2) is 36.4 Å². The molecule has 0 aliphatic heterocycles. The Balaban J connectivity index is 2.20. The van der Waals surface area contributed by atoms with Crippen molar-refractivity contribution < 1.29 is 4.74 Å². The summed E-state index contributed by atoms with van der Waals surface area (Å²) in [5.74, 6) is 1.11.